The van der Waals surface area contributed by atoms with Gasteiger partial charge in [0, 0.05) is 31.6 Å². The molecule has 1 heterocycles. The number of alkyl carbamates (subject to hydrolysis) is 1. The lowest BCUT2D eigenvalue weighted by Crippen LogP contribution is -2.54. The third-order valence-corrected chi connectivity index (χ3v) is 3.95. The first kappa shape index (κ1) is 25.2. The zero-order valence-electron chi connectivity index (χ0n) is 17.1. The smallest absolute Gasteiger partial charge is 0.407 e. The van der Waals surface area contributed by atoms with E-state index in [9.17, 15) is 4.79 Å². The molecule has 1 amide bonds. The van der Waals surface area contributed by atoms with Crippen LogP contribution in [-0.4, -0.2) is 57.0 Å². The van der Waals surface area contributed by atoms with E-state index in [1.807, 2.05) is 20.8 Å². The summed E-state index contributed by atoms with van der Waals surface area (Å²) in [5, 5.41) is 9.61. The van der Waals surface area contributed by atoms with Crippen LogP contribution < -0.4 is 16.0 Å². The van der Waals surface area contributed by atoms with Crippen LogP contribution in [0.3, 0.4) is 0 Å². The van der Waals surface area contributed by atoms with Crippen molar-refractivity contribution in [2.75, 3.05) is 33.4 Å². The fourth-order valence-electron chi connectivity index (χ4n) is 2.43. The molecule has 1 aliphatic rings. The molecule has 8 heteroatoms. The van der Waals surface area contributed by atoms with Gasteiger partial charge in [-0.25, -0.2) is 4.79 Å². The van der Waals surface area contributed by atoms with Gasteiger partial charge in [-0.3, -0.25) is 4.99 Å². The largest absolute Gasteiger partial charge is 0.444 e. The second kappa shape index (κ2) is 11.8. The first-order valence-electron chi connectivity index (χ1n) is 9.19. The number of carbonyl (C=O) groups excluding carboxylic acids is 1. The van der Waals surface area contributed by atoms with E-state index in [2.05, 4.69) is 34.8 Å². The van der Waals surface area contributed by atoms with E-state index < -0.39 is 11.7 Å². The Morgan fingerprint density at radius 1 is 1.31 bits per heavy atom. The monoisotopic (exact) mass is 484 g/mol. The van der Waals surface area contributed by atoms with E-state index >= 15 is 0 Å². The van der Waals surface area contributed by atoms with E-state index in [1.54, 1.807) is 7.05 Å². The number of nitrogens with zero attached hydrogens (tertiary/aromatic N) is 1. The average Bonchev–Trinajstić information content (AvgIpc) is 2.49. The summed E-state index contributed by atoms with van der Waals surface area (Å²) in [7, 11) is 1.76. The molecule has 0 radical (unpaired) electrons. The number of rotatable bonds is 8. The number of carbonyl (C=O) groups is 1. The molecule has 26 heavy (non-hydrogen) atoms. The van der Waals surface area contributed by atoms with Crippen LogP contribution in [-0.2, 0) is 9.47 Å². The summed E-state index contributed by atoms with van der Waals surface area (Å²) >= 11 is 0. The summed E-state index contributed by atoms with van der Waals surface area (Å²) in [5.41, 5.74) is -0.320. The Labute approximate surface area is 175 Å². The molecule has 3 N–H and O–H groups in total. The van der Waals surface area contributed by atoms with Crippen molar-refractivity contribution in [3.63, 3.8) is 0 Å². The quantitative estimate of drug-likeness (QED) is 0.280. The number of hydrogen-bond donors (Lipinski definition) is 3. The van der Waals surface area contributed by atoms with Gasteiger partial charge in [-0.15, -0.1) is 24.0 Å². The van der Waals surface area contributed by atoms with Gasteiger partial charge in [-0.05, 0) is 27.2 Å². The summed E-state index contributed by atoms with van der Waals surface area (Å²) in [4.78, 5) is 16.2. The number of nitrogens with one attached hydrogen (secondary N) is 3. The van der Waals surface area contributed by atoms with Gasteiger partial charge >= 0.3 is 6.09 Å². The van der Waals surface area contributed by atoms with Gasteiger partial charge in [-0.1, -0.05) is 26.7 Å². The van der Waals surface area contributed by atoms with Crippen LogP contribution in [0.1, 0.15) is 53.9 Å². The molecule has 1 aliphatic heterocycles. The topological polar surface area (TPSA) is 84.0 Å². The molecular formula is C18H37IN4O3. The molecular weight excluding hydrogens is 447 g/mol. The fraction of sp³-hybridized carbons (Fsp3) is 0.889. The highest BCUT2D eigenvalue weighted by Crippen LogP contribution is 2.24. The highest BCUT2D eigenvalue weighted by Gasteiger charge is 2.33. The molecule has 154 valence electrons. The van der Waals surface area contributed by atoms with Crippen LogP contribution in [0.25, 0.3) is 0 Å². The van der Waals surface area contributed by atoms with Crippen LogP contribution in [0.5, 0.6) is 0 Å². The number of halogens is 1. The molecule has 0 bridgehead atoms. The Hall–Kier alpha value is -0.770. The van der Waals surface area contributed by atoms with Crippen molar-refractivity contribution in [2.45, 2.75) is 65.5 Å². The van der Waals surface area contributed by atoms with Gasteiger partial charge in [0.25, 0.3) is 0 Å². The van der Waals surface area contributed by atoms with E-state index in [0.717, 1.165) is 45.0 Å². The zero-order valence-corrected chi connectivity index (χ0v) is 19.4. The molecule has 0 aromatic heterocycles. The Balaban J connectivity index is 0.00000625. The van der Waals surface area contributed by atoms with Gasteiger partial charge in [-0.2, -0.15) is 0 Å². The molecule has 1 fully saturated rings. The van der Waals surface area contributed by atoms with Crippen LogP contribution >= 0.6 is 24.0 Å². The lowest BCUT2D eigenvalue weighted by Gasteiger charge is -2.38. The third kappa shape index (κ3) is 10.4. The van der Waals surface area contributed by atoms with Crippen LogP contribution in [0.15, 0.2) is 4.99 Å². The Morgan fingerprint density at radius 3 is 2.42 bits per heavy atom. The highest BCUT2D eigenvalue weighted by atomic mass is 127. The van der Waals surface area contributed by atoms with E-state index in [4.69, 9.17) is 9.47 Å². The number of aliphatic imine (C=N–C) groups is 1. The maximum Gasteiger partial charge on any atom is 0.407 e. The normalized spacial score (nSPS) is 17.4. The zero-order chi connectivity index (χ0) is 18.9. The molecule has 0 aromatic rings. The predicted octanol–water partition coefficient (Wildman–Crippen LogP) is 2.89. The van der Waals surface area contributed by atoms with E-state index in [1.165, 1.54) is 0 Å². The summed E-state index contributed by atoms with van der Waals surface area (Å²) in [6, 6.07) is 0.101. The minimum absolute atomic E-state index is 0. The minimum Gasteiger partial charge on any atom is -0.444 e. The average molecular weight is 484 g/mol. The summed E-state index contributed by atoms with van der Waals surface area (Å²) in [6.07, 6.45) is 2.74. The first-order chi connectivity index (χ1) is 11.7. The molecule has 0 aromatic carbocycles. The van der Waals surface area contributed by atoms with Gasteiger partial charge in [0.15, 0.2) is 5.96 Å². The Morgan fingerprint density at radius 2 is 1.96 bits per heavy atom. The van der Waals surface area contributed by atoms with Crippen molar-refractivity contribution in [3.8, 4) is 0 Å². The molecule has 7 nitrogen and oxygen atoms in total. The summed E-state index contributed by atoms with van der Waals surface area (Å²) < 4.78 is 10.6. The molecule has 0 spiro atoms. The Bertz CT molecular complexity index is 448. The van der Waals surface area contributed by atoms with Crippen molar-refractivity contribution in [3.05, 3.63) is 0 Å². The van der Waals surface area contributed by atoms with Crippen molar-refractivity contribution < 1.29 is 14.3 Å². The Kier molecular flexibility index (Phi) is 11.5. The number of guanidine groups is 1. The van der Waals surface area contributed by atoms with Gasteiger partial charge in [0.05, 0.1) is 13.2 Å². The molecule has 1 atom stereocenters. The van der Waals surface area contributed by atoms with E-state index in [0.29, 0.717) is 6.54 Å². The first-order valence-corrected chi connectivity index (χ1v) is 9.19. The maximum atomic E-state index is 11.9. The SMILES string of the molecule is CCCCC(CNC(=O)OC(C)(C)C)NC(=NC)NCC1(C)COC1.I. The van der Waals surface area contributed by atoms with Gasteiger partial charge < -0.3 is 25.4 Å². The van der Waals surface area contributed by atoms with Crippen molar-refractivity contribution in [1.29, 1.82) is 0 Å². The minimum atomic E-state index is -0.492. The van der Waals surface area contributed by atoms with Gasteiger partial charge in [0.2, 0.25) is 0 Å². The lowest BCUT2D eigenvalue weighted by molar-refractivity contribution is -0.0971. The standard InChI is InChI=1S/C18H36N4O3.HI/c1-7-8-9-14(10-20-16(23)25-17(2,3)4)22-15(19-6)21-11-18(5)12-24-13-18;/h14H,7-13H2,1-6H3,(H,20,23)(H2,19,21,22);1H. The maximum absolute atomic E-state index is 11.9. The van der Waals surface area contributed by atoms with Crippen molar-refractivity contribution >= 4 is 36.0 Å². The van der Waals surface area contributed by atoms with Crippen LogP contribution in [0.2, 0.25) is 0 Å². The molecule has 0 aliphatic carbocycles. The van der Waals surface area contributed by atoms with Crippen LogP contribution in [0.4, 0.5) is 4.79 Å². The number of unbranched alkanes of at least 4 members (excludes halogenated alkanes) is 1. The second-order valence-electron chi connectivity index (χ2n) is 8.10. The lowest BCUT2D eigenvalue weighted by atomic mass is 9.89. The van der Waals surface area contributed by atoms with Crippen molar-refractivity contribution in [1.82, 2.24) is 16.0 Å². The second-order valence-corrected chi connectivity index (χ2v) is 8.10. The predicted molar refractivity (Wildman–Crippen MR) is 116 cm³/mol. The van der Waals surface area contributed by atoms with Gasteiger partial charge in [0.1, 0.15) is 5.60 Å². The fourth-order valence-corrected chi connectivity index (χ4v) is 2.43. The summed E-state index contributed by atoms with van der Waals surface area (Å²) in [5.74, 6) is 0.750. The molecule has 0 saturated carbocycles. The van der Waals surface area contributed by atoms with E-state index in [-0.39, 0.29) is 35.4 Å². The third-order valence-electron chi connectivity index (χ3n) is 3.95. The number of amides is 1. The molecule has 1 rings (SSSR count). The number of hydrogen-bond acceptors (Lipinski definition) is 4. The van der Waals surface area contributed by atoms with Crippen LogP contribution in [0, 0.1) is 5.41 Å². The number of ether oxygens (including phenoxy) is 2. The van der Waals surface area contributed by atoms with Crippen molar-refractivity contribution in [2.24, 2.45) is 10.4 Å². The molecule has 1 saturated heterocycles. The summed E-state index contributed by atoms with van der Waals surface area (Å²) in [6.45, 7) is 12.8. The molecule has 1 unspecified atom stereocenters. The highest BCUT2D eigenvalue weighted by molar-refractivity contribution is 14.0.